The topological polar surface area (TPSA) is 265 Å². The number of hydrogen-bond donors (Lipinski definition) is 7. The first-order chi connectivity index (χ1) is 15.1. The molecule has 18 nitrogen and oxygen atoms in total. The third kappa shape index (κ3) is 8.42. The molecule has 21 heteroatoms. The van der Waals surface area contributed by atoms with Crippen molar-refractivity contribution in [2.75, 3.05) is 19.0 Å². The molecule has 0 amide bonds. The van der Waals surface area contributed by atoms with Gasteiger partial charge in [0.2, 0.25) is 0 Å². The van der Waals surface area contributed by atoms with Crippen molar-refractivity contribution in [1.82, 2.24) is 19.6 Å². The van der Waals surface area contributed by atoms with Crippen molar-refractivity contribution >= 4 is 34.9 Å². The van der Waals surface area contributed by atoms with Crippen molar-refractivity contribution in [1.29, 1.82) is 0 Å². The third-order valence-electron chi connectivity index (χ3n) is 3.75. The minimum Gasteiger partial charge on any atom is -0.391 e. The smallest absolute Gasteiger partial charge is 0.391 e. The number of aliphatic hydroxyl groups is 2. The molecule has 0 bridgehead atoms. The summed E-state index contributed by atoms with van der Waals surface area (Å²) in [6.07, 6.45) is -1.95. The molecular weight excluding hydrogens is 515 g/mol. The number of nitrogens with one attached hydrogen (secondary N) is 1. The number of aliphatic hydroxyl groups excluding tert-OH is 2. The van der Waals surface area contributed by atoms with Crippen LogP contribution < -0.4 is 5.32 Å². The lowest BCUT2D eigenvalue weighted by molar-refractivity contribution is -0.107. The van der Waals surface area contributed by atoms with Crippen molar-refractivity contribution in [2.24, 2.45) is 0 Å². The first-order valence-electron chi connectivity index (χ1n) is 8.75. The van der Waals surface area contributed by atoms with Gasteiger partial charge in [-0.1, -0.05) is 0 Å². The number of ether oxygens (including phenoxy) is 1. The van der Waals surface area contributed by atoms with Gasteiger partial charge in [-0.05, 0) is 6.92 Å². The van der Waals surface area contributed by atoms with Crippen LogP contribution in [0.2, 0.25) is 0 Å². The zero-order valence-electron chi connectivity index (χ0n) is 17.0. The Kier molecular flexibility index (Phi) is 9.23. The lowest BCUT2D eigenvalue weighted by Crippen LogP contribution is -2.40. The van der Waals surface area contributed by atoms with Crippen LogP contribution >= 0.6 is 23.5 Å². The molecule has 0 aromatic carbocycles. The summed E-state index contributed by atoms with van der Waals surface area (Å²) in [7, 11) is -15.1. The van der Waals surface area contributed by atoms with Crippen LogP contribution in [0.4, 0.5) is 5.82 Å². The van der Waals surface area contributed by atoms with E-state index in [2.05, 4.69) is 33.5 Å². The Hall–Kier alpha value is -1.36. The van der Waals surface area contributed by atoms with Crippen molar-refractivity contribution in [3.8, 4) is 0 Å². The second kappa shape index (κ2) is 10.9. The number of fused-ring (bicyclic) bond motifs is 1. The molecule has 2 aromatic heterocycles. The predicted octanol–water partition coefficient (Wildman–Crippen LogP) is -0.864. The van der Waals surface area contributed by atoms with E-state index in [0.717, 1.165) is 0 Å². The van der Waals surface area contributed by atoms with Crippen LogP contribution in [0, 0.1) is 0 Å². The molecule has 0 spiro atoms. The number of phosphoric acid groups is 3. The molecule has 5 atom stereocenters. The summed E-state index contributed by atoms with van der Waals surface area (Å²) in [6, 6.07) is 0. The van der Waals surface area contributed by atoms with Gasteiger partial charge in [0.15, 0.2) is 11.5 Å². The Labute approximate surface area is 185 Å². The molecule has 0 saturated heterocycles. The summed E-state index contributed by atoms with van der Waals surface area (Å²) in [6.45, 7) is -0.0781. The van der Waals surface area contributed by atoms with E-state index in [-0.39, 0.29) is 6.61 Å². The highest BCUT2D eigenvalue weighted by Gasteiger charge is 2.41. The number of hydrogen-bond acceptors (Lipinski definition) is 13. The molecule has 0 saturated carbocycles. The fourth-order valence-electron chi connectivity index (χ4n) is 2.36. The second-order valence-corrected chi connectivity index (χ2v) is 10.7. The van der Waals surface area contributed by atoms with Crippen LogP contribution in [-0.4, -0.2) is 81.3 Å². The Morgan fingerprint density at radius 3 is 2.33 bits per heavy atom. The summed E-state index contributed by atoms with van der Waals surface area (Å²) >= 11 is 0. The largest absolute Gasteiger partial charge is 0.490 e. The molecular formula is C12H22N5O13P3. The van der Waals surface area contributed by atoms with E-state index >= 15 is 0 Å². The number of rotatable bonds is 13. The molecule has 2 heterocycles. The van der Waals surface area contributed by atoms with Gasteiger partial charge in [0.1, 0.15) is 18.5 Å². The van der Waals surface area contributed by atoms with E-state index < -0.39 is 48.4 Å². The lowest BCUT2D eigenvalue weighted by atomic mass is 10.1. The van der Waals surface area contributed by atoms with Gasteiger partial charge in [0.25, 0.3) is 0 Å². The minimum atomic E-state index is -5.71. The van der Waals surface area contributed by atoms with Crippen molar-refractivity contribution in [2.45, 2.75) is 31.8 Å². The number of anilines is 1. The van der Waals surface area contributed by atoms with Crippen molar-refractivity contribution in [3.05, 3.63) is 18.2 Å². The quantitative estimate of drug-likeness (QED) is 0.153. The summed E-state index contributed by atoms with van der Waals surface area (Å²) in [5.41, 5.74) is 0.699. The minimum absolute atomic E-state index is 0.296. The first kappa shape index (κ1) is 27.9. The summed E-state index contributed by atoms with van der Waals surface area (Å²) in [4.78, 5) is 43.9. The van der Waals surface area contributed by atoms with Gasteiger partial charge in [-0.15, -0.1) is 0 Å². The predicted molar refractivity (Wildman–Crippen MR) is 106 cm³/mol. The van der Waals surface area contributed by atoms with Crippen LogP contribution in [0.5, 0.6) is 0 Å². The standard InChI is InChI=1S/C12H22N5O13P3/c1-7(18)10(19)9(5-28-32(23,24)30-33(25,26)29-31(20,21)22)27-4-8-3-14-12-11(13-2)15-6-16-17(8)12/h3,6-7,9-10,18-19H,4-5H2,1-2H3,(H,23,24)(H,25,26)(H,13,15,16)(H2,20,21,22)/t7?,9-,10+/m1/s1. The molecule has 33 heavy (non-hydrogen) atoms. The third-order valence-corrected chi connectivity index (χ3v) is 7.55. The zero-order valence-corrected chi connectivity index (χ0v) is 19.7. The molecule has 0 aliphatic heterocycles. The van der Waals surface area contributed by atoms with Gasteiger partial charge < -0.3 is 39.8 Å². The highest BCUT2D eigenvalue weighted by molar-refractivity contribution is 7.66. The molecule has 2 aromatic rings. The lowest BCUT2D eigenvalue weighted by Gasteiger charge is -2.26. The van der Waals surface area contributed by atoms with E-state index in [1.54, 1.807) is 7.05 Å². The molecule has 0 aliphatic rings. The maximum atomic E-state index is 11.9. The molecule has 0 radical (unpaired) electrons. The number of aromatic nitrogens is 4. The Bertz CT molecular complexity index is 1090. The maximum absolute atomic E-state index is 11.9. The highest BCUT2D eigenvalue weighted by Crippen LogP contribution is 2.66. The average molecular weight is 537 g/mol. The van der Waals surface area contributed by atoms with Gasteiger partial charge in [0.05, 0.1) is 31.2 Å². The second-order valence-electron chi connectivity index (χ2n) is 6.31. The molecule has 0 aliphatic carbocycles. The van der Waals surface area contributed by atoms with Gasteiger partial charge in [-0.25, -0.2) is 28.2 Å². The molecule has 188 valence electrons. The number of nitrogens with zero attached hydrogens (tertiary/aromatic N) is 4. The van der Waals surface area contributed by atoms with Crippen LogP contribution in [0.15, 0.2) is 12.5 Å². The first-order valence-corrected chi connectivity index (χ1v) is 13.3. The molecule has 2 rings (SSSR count). The van der Waals surface area contributed by atoms with Gasteiger partial charge in [-0.3, -0.25) is 4.52 Å². The normalized spacial score (nSPS) is 18.9. The Morgan fingerprint density at radius 2 is 1.76 bits per heavy atom. The molecule has 7 N–H and O–H groups in total. The number of phosphoric ester groups is 1. The van der Waals surface area contributed by atoms with E-state index in [4.69, 9.17) is 14.5 Å². The molecule has 0 fully saturated rings. The van der Waals surface area contributed by atoms with Crippen molar-refractivity contribution < 1.29 is 61.4 Å². The van der Waals surface area contributed by atoms with Crippen molar-refractivity contribution in [3.63, 3.8) is 0 Å². The van der Waals surface area contributed by atoms with E-state index in [9.17, 15) is 33.7 Å². The van der Waals surface area contributed by atoms with Crippen LogP contribution in [0.25, 0.3) is 5.65 Å². The van der Waals surface area contributed by atoms with Gasteiger partial charge >= 0.3 is 23.5 Å². The van der Waals surface area contributed by atoms with Crippen LogP contribution in [0.3, 0.4) is 0 Å². The van der Waals surface area contributed by atoms with E-state index in [1.807, 2.05) is 0 Å². The Morgan fingerprint density at radius 1 is 1.09 bits per heavy atom. The Balaban J connectivity index is 2.10. The fourth-order valence-corrected chi connectivity index (χ4v) is 5.39. The van der Waals surface area contributed by atoms with Gasteiger partial charge in [0, 0.05) is 7.05 Å². The average Bonchev–Trinajstić information content (AvgIpc) is 3.07. The monoisotopic (exact) mass is 537 g/mol. The van der Waals surface area contributed by atoms with Crippen LogP contribution in [-0.2, 0) is 38.2 Å². The summed E-state index contributed by atoms with van der Waals surface area (Å²) < 4.78 is 52.4. The van der Waals surface area contributed by atoms with E-state index in [0.29, 0.717) is 17.2 Å². The SMILES string of the molecule is CNc1ncnn2c(CO[C@H](COP(=O)(O)OP(=O)(O)OP(=O)(O)O)[C@@H](O)C(C)O)cnc12. The summed E-state index contributed by atoms with van der Waals surface area (Å²) in [5.74, 6) is 0.407. The summed E-state index contributed by atoms with van der Waals surface area (Å²) in [5, 5.41) is 26.6. The molecule has 3 unspecified atom stereocenters. The van der Waals surface area contributed by atoms with Crippen LogP contribution in [0.1, 0.15) is 12.6 Å². The highest BCUT2D eigenvalue weighted by atomic mass is 31.3. The van der Waals surface area contributed by atoms with E-state index in [1.165, 1.54) is 24.0 Å². The number of imidazole rings is 1. The maximum Gasteiger partial charge on any atom is 0.490 e. The van der Waals surface area contributed by atoms with Gasteiger partial charge in [-0.2, -0.15) is 13.7 Å². The fraction of sp³-hybridized carbons (Fsp3) is 0.583. The zero-order chi connectivity index (χ0) is 25.0.